The molecule has 0 aliphatic rings. The topological polar surface area (TPSA) is 48.1 Å². The lowest BCUT2D eigenvalue weighted by molar-refractivity contribution is 0.126. The summed E-state index contributed by atoms with van der Waals surface area (Å²) in [6.45, 7) is 1.58. The van der Waals surface area contributed by atoms with Crippen LogP contribution < -0.4 is 5.73 Å². The van der Waals surface area contributed by atoms with Crippen molar-refractivity contribution in [1.82, 2.24) is 4.98 Å². The minimum absolute atomic E-state index is 0.498. The zero-order valence-corrected chi connectivity index (χ0v) is 10.8. The van der Waals surface area contributed by atoms with Gasteiger partial charge in [0.15, 0.2) is 0 Å². The average molecular weight is 269 g/mol. The molecule has 0 spiro atoms. The fraction of sp³-hybridized carbons (Fsp3) is 0.250. The van der Waals surface area contributed by atoms with Crippen LogP contribution in [0.15, 0.2) is 29.6 Å². The lowest BCUT2D eigenvalue weighted by Crippen LogP contribution is -2.08. The number of hydrogen-bond acceptors (Lipinski definition) is 4. The summed E-state index contributed by atoms with van der Waals surface area (Å²) in [6, 6.07) is 7.69. The molecule has 0 atom stereocenters. The van der Waals surface area contributed by atoms with E-state index >= 15 is 0 Å². The van der Waals surface area contributed by atoms with Crippen molar-refractivity contribution < 1.29 is 4.74 Å². The second-order valence-corrected chi connectivity index (χ2v) is 4.73. The molecule has 5 heteroatoms. The number of nitrogens with two attached hydrogens (primary N) is 1. The first-order valence-electron chi connectivity index (χ1n) is 5.28. The van der Waals surface area contributed by atoms with Crippen molar-refractivity contribution in [2.75, 3.05) is 13.2 Å². The molecule has 0 amide bonds. The van der Waals surface area contributed by atoms with Crippen LogP contribution in [-0.4, -0.2) is 18.1 Å². The van der Waals surface area contributed by atoms with Crippen LogP contribution in [-0.2, 0) is 11.3 Å². The highest BCUT2D eigenvalue weighted by molar-refractivity contribution is 7.13. The van der Waals surface area contributed by atoms with Crippen molar-refractivity contribution in [3.8, 4) is 10.6 Å². The van der Waals surface area contributed by atoms with Gasteiger partial charge in [0.25, 0.3) is 0 Å². The molecular formula is C12H13ClN2OS. The van der Waals surface area contributed by atoms with E-state index in [0.717, 1.165) is 21.3 Å². The fourth-order valence-corrected chi connectivity index (χ4v) is 2.52. The Morgan fingerprint density at radius 2 is 2.18 bits per heavy atom. The summed E-state index contributed by atoms with van der Waals surface area (Å²) in [5.74, 6) is 0. The lowest BCUT2D eigenvalue weighted by Gasteiger charge is -1.99. The number of ether oxygens (including phenoxy) is 1. The van der Waals surface area contributed by atoms with Gasteiger partial charge in [-0.2, -0.15) is 0 Å². The maximum atomic E-state index is 6.11. The Labute approximate surface area is 109 Å². The van der Waals surface area contributed by atoms with Gasteiger partial charge >= 0.3 is 0 Å². The molecule has 1 aromatic heterocycles. The Hall–Kier alpha value is -0.940. The predicted molar refractivity (Wildman–Crippen MR) is 71.3 cm³/mol. The monoisotopic (exact) mass is 268 g/mol. The van der Waals surface area contributed by atoms with Gasteiger partial charge < -0.3 is 10.5 Å². The molecule has 2 N–H and O–H groups in total. The molecule has 2 aromatic rings. The normalized spacial score (nSPS) is 10.7. The van der Waals surface area contributed by atoms with Crippen molar-refractivity contribution >= 4 is 22.9 Å². The third-order valence-corrected chi connectivity index (χ3v) is 3.42. The van der Waals surface area contributed by atoms with Gasteiger partial charge in [-0.1, -0.05) is 29.8 Å². The van der Waals surface area contributed by atoms with E-state index in [1.54, 1.807) is 11.3 Å². The molecule has 0 aliphatic carbocycles. The van der Waals surface area contributed by atoms with Gasteiger partial charge in [-0.25, -0.2) is 4.98 Å². The first-order valence-corrected chi connectivity index (χ1v) is 6.54. The fourth-order valence-electron chi connectivity index (χ4n) is 1.39. The zero-order chi connectivity index (χ0) is 12.1. The summed E-state index contributed by atoms with van der Waals surface area (Å²) in [5, 5.41) is 3.62. The first-order chi connectivity index (χ1) is 8.31. The maximum absolute atomic E-state index is 6.11. The summed E-state index contributed by atoms with van der Waals surface area (Å²) < 4.78 is 5.33. The molecule has 0 bridgehead atoms. The highest BCUT2D eigenvalue weighted by Crippen LogP contribution is 2.30. The van der Waals surface area contributed by atoms with Gasteiger partial charge in [0, 0.05) is 17.5 Å². The Morgan fingerprint density at radius 3 is 2.94 bits per heavy atom. The molecule has 3 nitrogen and oxygen atoms in total. The van der Waals surface area contributed by atoms with Crippen LogP contribution in [0.5, 0.6) is 0 Å². The Kier molecular flexibility index (Phi) is 4.50. The summed E-state index contributed by atoms with van der Waals surface area (Å²) in [7, 11) is 0. The largest absolute Gasteiger partial charge is 0.374 e. The number of aromatic nitrogens is 1. The molecule has 0 saturated carbocycles. The molecule has 17 heavy (non-hydrogen) atoms. The third-order valence-electron chi connectivity index (χ3n) is 2.17. The highest BCUT2D eigenvalue weighted by atomic mass is 35.5. The number of thiazole rings is 1. The van der Waals surface area contributed by atoms with Gasteiger partial charge in [-0.05, 0) is 6.07 Å². The van der Waals surface area contributed by atoms with Crippen LogP contribution in [0.25, 0.3) is 10.6 Å². The van der Waals surface area contributed by atoms with Gasteiger partial charge in [0.2, 0.25) is 0 Å². The van der Waals surface area contributed by atoms with E-state index in [1.165, 1.54) is 0 Å². The lowest BCUT2D eigenvalue weighted by atomic mass is 10.2. The SMILES string of the molecule is NCCOCc1csc(-c2ccccc2Cl)n1. The van der Waals surface area contributed by atoms with E-state index in [9.17, 15) is 0 Å². The number of halogens is 1. The van der Waals surface area contributed by atoms with Crippen molar-refractivity contribution in [3.63, 3.8) is 0 Å². The van der Waals surface area contributed by atoms with Crippen molar-refractivity contribution in [3.05, 3.63) is 40.4 Å². The first kappa shape index (κ1) is 12.5. The quantitative estimate of drug-likeness (QED) is 0.848. The van der Waals surface area contributed by atoms with E-state index in [1.807, 2.05) is 29.6 Å². The summed E-state index contributed by atoms with van der Waals surface area (Å²) in [6.07, 6.45) is 0. The number of nitrogens with zero attached hydrogens (tertiary/aromatic N) is 1. The van der Waals surface area contributed by atoms with Crippen molar-refractivity contribution in [1.29, 1.82) is 0 Å². The molecule has 1 aromatic carbocycles. The van der Waals surface area contributed by atoms with Crippen LogP contribution in [0, 0.1) is 0 Å². The molecule has 0 fully saturated rings. The van der Waals surface area contributed by atoms with E-state index in [0.29, 0.717) is 19.8 Å². The Balaban J connectivity index is 2.10. The van der Waals surface area contributed by atoms with E-state index in [4.69, 9.17) is 22.1 Å². The number of hydrogen-bond donors (Lipinski definition) is 1. The predicted octanol–water partition coefficient (Wildman–Crippen LogP) is 2.94. The van der Waals surface area contributed by atoms with Gasteiger partial charge in [0.1, 0.15) is 5.01 Å². The molecule has 90 valence electrons. The summed E-state index contributed by atoms with van der Waals surface area (Å²) >= 11 is 7.68. The number of rotatable bonds is 5. The maximum Gasteiger partial charge on any atom is 0.125 e. The Morgan fingerprint density at radius 1 is 1.35 bits per heavy atom. The molecule has 0 aliphatic heterocycles. The zero-order valence-electron chi connectivity index (χ0n) is 9.23. The summed E-state index contributed by atoms with van der Waals surface area (Å²) in [5.41, 5.74) is 7.23. The van der Waals surface area contributed by atoms with Crippen molar-refractivity contribution in [2.24, 2.45) is 5.73 Å². The van der Waals surface area contributed by atoms with Crippen LogP contribution in [0.4, 0.5) is 0 Å². The number of benzene rings is 1. The average Bonchev–Trinajstić information content (AvgIpc) is 2.79. The molecule has 0 radical (unpaired) electrons. The van der Waals surface area contributed by atoms with Crippen LogP contribution >= 0.6 is 22.9 Å². The highest BCUT2D eigenvalue weighted by Gasteiger charge is 2.07. The Bertz CT molecular complexity index is 487. The van der Waals surface area contributed by atoms with Crippen LogP contribution in [0.2, 0.25) is 5.02 Å². The van der Waals surface area contributed by atoms with E-state index < -0.39 is 0 Å². The van der Waals surface area contributed by atoms with E-state index in [-0.39, 0.29) is 0 Å². The minimum Gasteiger partial charge on any atom is -0.374 e. The standard InChI is InChI=1S/C12H13ClN2OS/c13-11-4-2-1-3-10(11)12-15-9(8-17-12)7-16-6-5-14/h1-4,8H,5-7,14H2. The van der Waals surface area contributed by atoms with Crippen LogP contribution in [0.1, 0.15) is 5.69 Å². The van der Waals surface area contributed by atoms with Gasteiger partial charge in [-0.3, -0.25) is 0 Å². The molecule has 0 unspecified atom stereocenters. The molecule has 2 rings (SSSR count). The van der Waals surface area contributed by atoms with E-state index in [2.05, 4.69) is 4.98 Å². The van der Waals surface area contributed by atoms with Gasteiger partial charge in [0.05, 0.1) is 23.9 Å². The van der Waals surface area contributed by atoms with Gasteiger partial charge in [-0.15, -0.1) is 11.3 Å². The second kappa shape index (κ2) is 6.12. The van der Waals surface area contributed by atoms with Crippen LogP contribution in [0.3, 0.4) is 0 Å². The molecule has 1 heterocycles. The second-order valence-electron chi connectivity index (χ2n) is 3.47. The smallest absolute Gasteiger partial charge is 0.125 e. The van der Waals surface area contributed by atoms with Crippen molar-refractivity contribution in [2.45, 2.75) is 6.61 Å². The summed E-state index contributed by atoms with van der Waals surface area (Å²) in [4.78, 5) is 4.48. The molecular weight excluding hydrogens is 256 g/mol. The minimum atomic E-state index is 0.498. The third kappa shape index (κ3) is 3.26. The molecule has 0 saturated heterocycles.